The van der Waals surface area contributed by atoms with Crippen molar-refractivity contribution in [3.63, 3.8) is 0 Å². The van der Waals surface area contributed by atoms with Gasteiger partial charge in [0, 0.05) is 99.7 Å². The van der Waals surface area contributed by atoms with Crippen molar-refractivity contribution in [1.82, 2.24) is 29.7 Å². The third-order valence-electron chi connectivity index (χ3n) is 8.65. The van der Waals surface area contributed by atoms with E-state index in [-0.39, 0.29) is 0 Å². The topological polar surface area (TPSA) is 118 Å². The molecule has 5 aromatic rings. The van der Waals surface area contributed by atoms with Crippen molar-refractivity contribution in [2.75, 3.05) is 60.0 Å². The van der Waals surface area contributed by atoms with Crippen molar-refractivity contribution in [1.29, 1.82) is 0 Å². The molecule has 5 heterocycles. The second-order valence-corrected chi connectivity index (χ2v) is 13.0. The molecule has 0 unspecified atom stereocenters. The minimum atomic E-state index is 0.401. The highest BCUT2D eigenvalue weighted by Gasteiger charge is 2.30. The van der Waals surface area contributed by atoms with Crippen molar-refractivity contribution in [3.05, 3.63) is 59.2 Å². The lowest BCUT2D eigenvalue weighted by molar-refractivity contribution is 0.0845. The molecule has 0 amide bonds. The molecule has 238 valence electrons. The number of ether oxygens (including phenoxy) is 2. The van der Waals surface area contributed by atoms with Crippen molar-refractivity contribution >= 4 is 73.4 Å². The van der Waals surface area contributed by atoms with Crippen molar-refractivity contribution < 1.29 is 9.47 Å². The molecule has 0 radical (unpaired) electrons. The summed E-state index contributed by atoms with van der Waals surface area (Å²) in [4.78, 5) is 21.1. The van der Waals surface area contributed by atoms with Crippen molar-refractivity contribution in [2.24, 2.45) is 7.05 Å². The maximum Gasteiger partial charge on any atom is 0.229 e. The zero-order valence-electron chi connectivity index (χ0n) is 26.1. The molecule has 2 aliphatic heterocycles. The summed E-state index contributed by atoms with van der Waals surface area (Å²) in [5.74, 6) is 1.73. The van der Waals surface area contributed by atoms with Crippen LogP contribution in [0.2, 0.25) is 0 Å². The fourth-order valence-corrected chi connectivity index (χ4v) is 6.95. The average Bonchev–Trinajstić information content (AvgIpc) is 3.37. The third-order valence-corrected chi connectivity index (χ3v) is 9.96. The third kappa shape index (κ3) is 5.69. The number of rotatable bonds is 8. The summed E-state index contributed by atoms with van der Waals surface area (Å²) in [5, 5.41) is 11.6. The Hall–Kier alpha value is -4.14. The lowest BCUT2D eigenvalue weighted by atomic mass is 10.0. The summed E-state index contributed by atoms with van der Waals surface area (Å²) < 4.78 is 16.4. The molecule has 1 fully saturated rings. The Kier molecular flexibility index (Phi) is 8.58. The molecule has 0 aliphatic carbocycles. The van der Waals surface area contributed by atoms with E-state index in [2.05, 4.69) is 68.0 Å². The van der Waals surface area contributed by atoms with Crippen LogP contribution in [0.15, 0.2) is 53.5 Å². The van der Waals surface area contributed by atoms with Crippen LogP contribution in [0, 0.1) is 0 Å². The average molecular weight is 704 g/mol. The smallest absolute Gasteiger partial charge is 0.229 e. The van der Waals surface area contributed by atoms with Gasteiger partial charge in [-0.25, -0.2) is 4.98 Å². The van der Waals surface area contributed by atoms with Gasteiger partial charge < -0.3 is 29.3 Å². The minimum Gasteiger partial charge on any atom is -0.494 e. The fourth-order valence-electron chi connectivity index (χ4n) is 6.29. The largest absolute Gasteiger partial charge is 0.494 e. The molecule has 2 aromatic carbocycles. The van der Waals surface area contributed by atoms with Crippen LogP contribution in [0.4, 0.5) is 34.5 Å². The first-order valence-electron chi connectivity index (χ1n) is 15.1. The number of aromatic nitrogens is 6. The van der Waals surface area contributed by atoms with Gasteiger partial charge in [0.05, 0.1) is 40.4 Å². The van der Waals surface area contributed by atoms with Crippen LogP contribution in [-0.2, 0) is 18.2 Å². The highest BCUT2D eigenvalue weighted by atomic mass is 79.9. The quantitative estimate of drug-likeness (QED) is 0.176. The molecule has 7 rings (SSSR count). The molecule has 3 aromatic heterocycles. The predicted molar refractivity (Wildman–Crippen MR) is 188 cm³/mol. The number of hydrogen-bond donors (Lipinski definition) is 2. The number of methoxy groups -OCH3 is 1. The first kappa shape index (κ1) is 30.5. The number of benzene rings is 2. The Balaban J connectivity index is 1.26. The minimum absolute atomic E-state index is 0.401. The molecule has 0 atom stereocenters. The molecule has 12 nitrogen and oxygen atoms in total. The van der Waals surface area contributed by atoms with Crippen molar-refractivity contribution in [2.45, 2.75) is 25.3 Å². The molecule has 2 aliphatic rings. The van der Waals surface area contributed by atoms with Gasteiger partial charge in [-0.1, -0.05) is 11.9 Å². The summed E-state index contributed by atoms with van der Waals surface area (Å²) in [6.45, 7) is 2.46. The fraction of sp³-hybridized carbons (Fsp3) is 0.344. The van der Waals surface area contributed by atoms with E-state index in [1.165, 1.54) is 5.69 Å². The second kappa shape index (κ2) is 12.9. The Morgan fingerprint density at radius 1 is 1.04 bits per heavy atom. The molecule has 0 saturated carbocycles. The standard InChI is InChI=1S/C32H35BrN10O2S/c1-41-26-7-12-43(19-8-13-45-14-9-19)27-16-28(44-3)25(15-20(27)21(26)17-37-41)39-32-36-18-22(33)31(40-32)38-24-6-5-23-29(35-11-10-34-23)30(24)42(2)46-4/h5-6,10-11,15-19H,7-9,12-14H2,1-4H3,(H2,36,38,39,40). The van der Waals surface area contributed by atoms with E-state index in [0.29, 0.717) is 23.6 Å². The number of aryl methyl sites for hydroxylation is 1. The van der Waals surface area contributed by atoms with E-state index in [0.717, 1.165) is 88.4 Å². The molecular formula is C32H35BrN10O2S. The lowest BCUT2D eigenvalue weighted by Crippen LogP contribution is -2.40. The van der Waals surface area contributed by atoms with E-state index in [1.807, 2.05) is 43.4 Å². The number of nitrogens with zero attached hydrogens (tertiary/aromatic N) is 8. The Morgan fingerprint density at radius 3 is 2.67 bits per heavy atom. The van der Waals surface area contributed by atoms with Gasteiger partial charge in [-0.3, -0.25) is 14.6 Å². The maximum absolute atomic E-state index is 5.96. The first-order valence-corrected chi connectivity index (χ1v) is 17.1. The zero-order chi connectivity index (χ0) is 31.8. The van der Waals surface area contributed by atoms with Gasteiger partial charge in [0.15, 0.2) is 0 Å². The normalized spacial score (nSPS) is 14.8. The molecule has 1 saturated heterocycles. The zero-order valence-corrected chi connectivity index (χ0v) is 28.5. The van der Waals surface area contributed by atoms with Crippen LogP contribution in [0.3, 0.4) is 0 Å². The Bertz CT molecular complexity index is 1900. The first-order chi connectivity index (χ1) is 22.4. The number of halogens is 1. The number of nitrogens with one attached hydrogen (secondary N) is 2. The molecule has 14 heteroatoms. The van der Waals surface area contributed by atoms with Crippen LogP contribution >= 0.6 is 27.9 Å². The van der Waals surface area contributed by atoms with Gasteiger partial charge in [-0.2, -0.15) is 10.1 Å². The van der Waals surface area contributed by atoms with E-state index < -0.39 is 0 Å². The van der Waals surface area contributed by atoms with Gasteiger partial charge in [0.1, 0.15) is 17.1 Å². The van der Waals surface area contributed by atoms with E-state index >= 15 is 0 Å². The monoisotopic (exact) mass is 702 g/mol. The highest BCUT2D eigenvalue weighted by molar-refractivity contribution is 9.10. The molecule has 0 spiro atoms. The number of hydrogen-bond acceptors (Lipinski definition) is 12. The van der Waals surface area contributed by atoms with Gasteiger partial charge in [0.2, 0.25) is 5.95 Å². The molecular weight excluding hydrogens is 668 g/mol. The van der Waals surface area contributed by atoms with Crippen LogP contribution in [0.5, 0.6) is 5.75 Å². The Morgan fingerprint density at radius 2 is 1.87 bits per heavy atom. The summed E-state index contributed by atoms with van der Waals surface area (Å²) in [6.07, 6.45) is 12.0. The molecule has 0 bridgehead atoms. The van der Waals surface area contributed by atoms with Crippen molar-refractivity contribution in [3.8, 4) is 16.9 Å². The van der Waals surface area contributed by atoms with Gasteiger partial charge in [-0.15, -0.1) is 0 Å². The van der Waals surface area contributed by atoms with Gasteiger partial charge in [-0.05, 0) is 47.0 Å². The SMILES string of the molecule is COc1cc2c(cc1Nc1ncc(Br)c(Nc3ccc4nccnc4c3N(C)SC)n1)-c1cnn(C)c1CCN2C1CCOCC1. The maximum atomic E-state index is 5.96. The summed E-state index contributed by atoms with van der Waals surface area (Å²) in [6, 6.07) is 8.61. The Labute approximate surface area is 280 Å². The van der Waals surface area contributed by atoms with Gasteiger partial charge >= 0.3 is 0 Å². The van der Waals surface area contributed by atoms with E-state index in [9.17, 15) is 0 Å². The lowest BCUT2D eigenvalue weighted by Gasteiger charge is -2.36. The predicted octanol–water partition coefficient (Wildman–Crippen LogP) is 6.33. The van der Waals surface area contributed by atoms with Crippen LogP contribution < -0.4 is 24.6 Å². The number of anilines is 6. The van der Waals surface area contributed by atoms with Crippen LogP contribution in [-0.4, -0.2) is 75.9 Å². The molecule has 46 heavy (non-hydrogen) atoms. The van der Waals surface area contributed by atoms with Crippen LogP contribution in [0.25, 0.3) is 22.2 Å². The molecule has 2 N–H and O–H groups in total. The second-order valence-electron chi connectivity index (χ2n) is 11.2. The number of fused-ring (bicyclic) bond motifs is 4. The summed E-state index contributed by atoms with van der Waals surface area (Å²) >= 11 is 5.23. The van der Waals surface area contributed by atoms with E-state index in [1.54, 1.807) is 37.6 Å². The summed E-state index contributed by atoms with van der Waals surface area (Å²) in [7, 11) is 5.71. The van der Waals surface area contributed by atoms with Crippen LogP contribution in [0.1, 0.15) is 18.5 Å². The van der Waals surface area contributed by atoms with E-state index in [4.69, 9.17) is 14.5 Å². The van der Waals surface area contributed by atoms with Gasteiger partial charge in [0.25, 0.3) is 0 Å². The highest BCUT2D eigenvalue weighted by Crippen LogP contribution is 2.45. The summed E-state index contributed by atoms with van der Waals surface area (Å²) in [5.41, 5.74) is 8.72.